The summed E-state index contributed by atoms with van der Waals surface area (Å²) >= 11 is 0. The molecule has 6 heteroatoms. The fraction of sp³-hybridized carbons (Fsp3) is 0.0667. The number of hydrogen-bond acceptors (Lipinski definition) is 4. The van der Waals surface area contributed by atoms with Crippen molar-refractivity contribution in [3.8, 4) is 5.75 Å². The van der Waals surface area contributed by atoms with E-state index in [1.54, 1.807) is 18.2 Å². The highest BCUT2D eigenvalue weighted by molar-refractivity contribution is 5.96. The Morgan fingerprint density at radius 2 is 2.14 bits per heavy atom. The van der Waals surface area contributed by atoms with Crippen LogP contribution in [0.25, 0.3) is 5.65 Å². The van der Waals surface area contributed by atoms with Gasteiger partial charge in [-0.15, -0.1) is 0 Å². The summed E-state index contributed by atoms with van der Waals surface area (Å²) in [6.07, 6.45) is 3.77. The Morgan fingerprint density at radius 1 is 1.29 bits per heavy atom. The van der Waals surface area contributed by atoms with Crippen molar-refractivity contribution in [3.63, 3.8) is 0 Å². The molecule has 0 radical (unpaired) electrons. The molecule has 0 saturated heterocycles. The second-order valence-electron chi connectivity index (χ2n) is 4.61. The largest absolute Gasteiger partial charge is 0.486 e. The van der Waals surface area contributed by atoms with Gasteiger partial charge in [-0.2, -0.15) is 0 Å². The van der Waals surface area contributed by atoms with Gasteiger partial charge in [0, 0.05) is 24.1 Å². The van der Waals surface area contributed by atoms with Crippen LogP contribution in [0.15, 0.2) is 48.8 Å². The summed E-state index contributed by atoms with van der Waals surface area (Å²) in [5, 5.41) is 0. The van der Waals surface area contributed by atoms with Gasteiger partial charge in [-0.25, -0.2) is 4.98 Å². The first-order chi connectivity index (χ1) is 10.1. The van der Waals surface area contributed by atoms with Crippen LogP contribution in [0, 0.1) is 0 Å². The van der Waals surface area contributed by atoms with E-state index in [0.717, 1.165) is 11.3 Å². The molecule has 4 N–H and O–H groups in total. The Hall–Kier alpha value is -3.02. The monoisotopic (exact) mass is 282 g/mol. The SMILES string of the molecule is NC(=O)c1ccc(N)cc1OCc1cn2ccccc2n1. The summed E-state index contributed by atoms with van der Waals surface area (Å²) in [4.78, 5) is 15.8. The molecule has 0 unspecified atom stereocenters. The van der Waals surface area contributed by atoms with E-state index < -0.39 is 5.91 Å². The van der Waals surface area contributed by atoms with Gasteiger partial charge in [0.05, 0.1) is 11.3 Å². The van der Waals surface area contributed by atoms with Crippen molar-refractivity contribution in [2.75, 3.05) is 5.73 Å². The van der Waals surface area contributed by atoms with Gasteiger partial charge in [-0.05, 0) is 24.3 Å². The van der Waals surface area contributed by atoms with E-state index in [-0.39, 0.29) is 6.61 Å². The lowest BCUT2D eigenvalue weighted by Gasteiger charge is -2.09. The summed E-state index contributed by atoms with van der Waals surface area (Å²) in [7, 11) is 0. The van der Waals surface area contributed by atoms with Gasteiger partial charge in [0.1, 0.15) is 18.0 Å². The number of nitrogens with two attached hydrogens (primary N) is 2. The van der Waals surface area contributed by atoms with E-state index in [4.69, 9.17) is 16.2 Å². The number of carbonyl (C=O) groups is 1. The minimum Gasteiger partial charge on any atom is -0.486 e. The molecule has 0 fully saturated rings. The zero-order valence-electron chi connectivity index (χ0n) is 11.2. The number of hydrogen-bond donors (Lipinski definition) is 2. The summed E-state index contributed by atoms with van der Waals surface area (Å²) < 4.78 is 7.53. The zero-order valence-corrected chi connectivity index (χ0v) is 11.2. The molecule has 0 aliphatic rings. The van der Waals surface area contributed by atoms with E-state index in [9.17, 15) is 4.79 Å². The highest BCUT2D eigenvalue weighted by Gasteiger charge is 2.11. The quantitative estimate of drug-likeness (QED) is 0.710. The molecule has 106 valence electrons. The minimum atomic E-state index is -0.556. The molecule has 0 bridgehead atoms. The molecule has 0 aliphatic carbocycles. The van der Waals surface area contributed by atoms with Crippen LogP contribution in [0.5, 0.6) is 5.75 Å². The van der Waals surface area contributed by atoms with Gasteiger partial charge in [0.2, 0.25) is 0 Å². The molecule has 6 nitrogen and oxygen atoms in total. The normalized spacial score (nSPS) is 10.7. The Kier molecular flexibility index (Phi) is 3.19. The number of imidazole rings is 1. The number of nitrogens with zero attached hydrogens (tertiary/aromatic N) is 2. The van der Waals surface area contributed by atoms with Crippen molar-refractivity contribution in [1.82, 2.24) is 9.38 Å². The number of nitrogen functional groups attached to an aromatic ring is 1. The molecule has 0 atom stereocenters. The Morgan fingerprint density at radius 3 is 2.90 bits per heavy atom. The van der Waals surface area contributed by atoms with Crippen LogP contribution in [0.1, 0.15) is 16.1 Å². The first-order valence-corrected chi connectivity index (χ1v) is 6.38. The minimum absolute atomic E-state index is 0.228. The summed E-state index contributed by atoms with van der Waals surface area (Å²) in [6.45, 7) is 0.228. The van der Waals surface area contributed by atoms with Gasteiger partial charge in [-0.3, -0.25) is 4.79 Å². The van der Waals surface area contributed by atoms with Crippen molar-refractivity contribution in [1.29, 1.82) is 0 Å². The van der Waals surface area contributed by atoms with Gasteiger partial charge in [-0.1, -0.05) is 6.07 Å². The van der Waals surface area contributed by atoms with Crippen molar-refractivity contribution < 1.29 is 9.53 Å². The lowest BCUT2D eigenvalue weighted by Crippen LogP contribution is -2.13. The standard InChI is InChI=1S/C15H14N4O2/c16-10-4-5-12(15(17)20)13(7-10)21-9-11-8-19-6-2-1-3-14(19)18-11/h1-8H,9,16H2,(H2,17,20). The zero-order chi connectivity index (χ0) is 14.8. The van der Waals surface area contributed by atoms with Crippen molar-refractivity contribution >= 4 is 17.2 Å². The smallest absolute Gasteiger partial charge is 0.252 e. The number of aromatic nitrogens is 2. The highest BCUT2D eigenvalue weighted by atomic mass is 16.5. The van der Waals surface area contributed by atoms with Crippen molar-refractivity contribution in [3.05, 3.63) is 60.0 Å². The molecule has 21 heavy (non-hydrogen) atoms. The molecule has 0 aliphatic heterocycles. The van der Waals surface area contributed by atoms with Gasteiger partial charge < -0.3 is 20.6 Å². The third kappa shape index (κ3) is 2.64. The molecular weight excluding hydrogens is 268 g/mol. The van der Waals surface area contributed by atoms with Crippen LogP contribution in [0.4, 0.5) is 5.69 Å². The molecule has 2 aromatic heterocycles. The lowest BCUT2D eigenvalue weighted by molar-refractivity contribution is 0.0996. The van der Waals surface area contributed by atoms with Crippen LogP contribution in [0.2, 0.25) is 0 Å². The van der Waals surface area contributed by atoms with Crippen LogP contribution in [-0.2, 0) is 6.61 Å². The summed E-state index contributed by atoms with van der Waals surface area (Å²) in [6, 6.07) is 10.5. The number of primary amides is 1. The van der Waals surface area contributed by atoms with Crippen molar-refractivity contribution in [2.24, 2.45) is 5.73 Å². The van der Waals surface area contributed by atoms with Crippen LogP contribution in [-0.4, -0.2) is 15.3 Å². The molecule has 1 amide bonds. The molecule has 2 heterocycles. The molecule has 0 saturated carbocycles. The number of anilines is 1. The van der Waals surface area contributed by atoms with E-state index in [0.29, 0.717) is 17.0 Å². The Labute approximate surface area is 121 Å². The second-order valence-corrected chi connectivity index (χ2v) is 4.61. The second kappa shape index (κ2) is 5.16. The fourth-order valence-electron chi connectivity index (χ4n) is 2.07. The van der Waals surface area contributed by atoms with E-state index in [1.165, 1.54) is 0 Å². The first kappa shape index (κ1) is 13.0. The van der Waals surface area contributed by atoms with Gasteiger partial charge >= 0.3 is 0 Å². The number of fused-ring (bicyclic) bond motifs is 1. The molecule has 1 aromatic carbocycles. The van der Waals surface area contributed by atoms with Crippen LogP contribution in [0.3, 0.4) is 0 Å². The Balaban J connectivity index is 1.84. The number of ether oxygens (including phenoxy) is 1. The molecule has 3 aromatic rings. The van der Waals surface area contributed by atoms with E-state index in [1.807, 2.05) is 35.0 Å². The predicted molar refractivity (Wildman–Crippen MR) is 78.9 cm³/mol. The summed E-state index contributed by atoms with van der Waals surface area (Å²) in [5.74, 6) is -0.195. The third-order valence-corrected chi connectivity index (χ3v) is 3.06. The predicted octanol–water partition coefficient (Wildman–Crippen LogP) is 1.59. The maximum Gasteiger partial charge on any atom is 0.252 e. The highest BCUT2D eigenvalue weighted by Crippen LogP contribution is 2.22. The number of benzene rings is 1. The molecular formula is C15H14N4O2. The van der Waals surface area contributed by atoms with Crippen LogP contribution >= 0.6 is 0 Å². The maximum atomic E-state index is 11.4. The average molecular weight is 282 g/mol. The van der Waals surface area contributed by atoms with Crippen molar-refractivity contribution in [2.45, 2.75) is 6.61 Å². The van der Waals surface area contributed by atoms with Gasteiger partial charge in [0.25, 0.3) is 5.91 Å². The van der Waals surface area contributed by atoms with E-state index >= 15 is 0 Å². The number of amides is 1. The van der Waals surface area contributed by atoms with Gasteiger partial charge in [0.15, 0.2) is 0 Å². The van der Waals surface area contributed by atoms with Crippen LogP contribution < -0.4 is 16.2 Å². The average Bonchev–Trinajstić information content (AvgIpc) is 2.87. The number of pyridine rings is 1. The number of rotatable bonds is 4. The molecule has 3 rings (SSSR count). The topological polar surface area (TPSA) is 95.6 Å². The lowest BCUT2D eigenvalue weighted by atomic mass is 10.1. The number of carbonyl (C=O) groups excluding carboxylic acids is 1. The van der Waals surface area contributed by atoms with E-state index in [2.05, 4.69) is 4.98 Å². The summed E-state index contributed by atoms with van der Waals surface area (Å²) in [5.41, 5.74) is 13.4. The Bertz CT molecular complexity index is 777. The first-order valence-electron chi connectivity index (χ1n) is 6.38. The molecule has 0 spiro atoms. The third-order valence-electron chi connectivity index (χ3n) is 3.06. The maximum absolute atomic E-state index is 11.4. The fourth-order valence-corrected chi connectivity index (χ4v) is 2.07.